The lowest BCUT2D eigenvalue weighted by atomic mass is 9.83. The second-order valence-electron chi connectivity index (χ2n) is 14.0. The first-order valence-electron chi connectivity index (χ1n) is 17.0. The molecule has 0 amide bonds. The van der Waals surface area contributed by atoms with E-state index in [-0.39, 0.29) is 0 Å². The van der Waals surface area contributed by atoms with Gasteiger partial charge in [0.2, 0.25) is 0 Å². The molecule has 0 N–H and O–H groups in total. The minimum absolute atomic E-state index is 0.626. The number of hydrogen-bond acceptors (Lipinski definition) is 0. The van der Waals surface area contributed by atoms with Gasteiger partial charge in [-0.15, -0.1) is 0 Å². The summed E-state index contributed by atoms with van der Waals surface area (Å²) in [7, 11) is 0. The van der Waals surface area contributed by atoms with Gasteiger partial charge >= 0.3 is 12.4 Å². The number of alkyl halides is 6. The molecular formula is C46H26F6. The molecule has 10 aromatic rings. The standard InChI is InChI=1S/C46H26F6/c1-23-18-27-19-24(2)21-36-38(27)35(20-23)43-39(25-10-14-28(15-11-25)45(47,48)49)37-22-34-31-7-4-3-6-30(31)32-8-5-9-33(41(32)34)42(37)40(44(36)43)26-12-16-29(17-13-26)46(50,51)52/h3-22H,1-2H3. The molecule has 0 fully saturated rings. The Morgan fingerprint density at radius 1 is 0.346 bits per heavy atom. The second-order valence-corrected chi connectivity index (χ2v) is 14.0. The molecule has 6 heteroatoms. The van der Waals surface area contributed by atoms with Crippen molar-refractivity contribution in [3.63, 3.8) is 0 Å². The third kappa shape index (κ3) is 4.24. The van der Waals surface area contributed by atoms with Crippen molar-refractivity contribution in [2.75, 3.05) is 0 Å². The predicted octanol–water partition coefficient (Wildman–Crippen LogP) is 14.6. The quantitative estimate of drug-likeness (QED) is 0.125. The van der Waals surface area contributed by atoms with E-state index in [1.54, 1.807) is 24.3 Å². The van der Waals surface area contributed by atoms with Gasteiger partial charge in [0.1, 0.15) is 0 Å². The minimum Gasteiger partial charge on any atom is -0.166 e. The van der Waals surface area contributed by atoms with Crippen LogP contribution in [0.25, 0.3) is 97.7 Å². The number of fused-ring (bicyclic) bond motifs is 8. The van der Waals surface area contributed by atoms with Crippen molar-refractivity contribution in [2.24, 2.45) is 0 Å². The Bertz CT molecular complexity index is 3070. The Morgan fingerprint density at radius 2 is 0.827 bits per heavy atom. The van der Waals surface area contributed by atoms with Crippen LogP contribution in [0.3, 0.4) is 0 Å². The molecule has 52 heavy (non-hydrogen) atoms. The molecule has 0 spiro atoms. The van der Waals surface area contributed by atoms with Crippen LogP contribution in [0.4, 0.5) is 26.3 Å². The highest BCUT2D eigenvalue weighted by Gasteiger charge is 2.32. The highest BCUT2D eigenvalue weighted by atomic mass is 19.4. The summed E-state index contributed by atoms with van der Waals surface area (Å²) in [4.78, 5) is 0. The molecule has 0 nitrogen and oxygen atoms in total. The van der Waals surface area contributed by atoms with E-state index in [2.05, 4.69) is 54.6 Å². The molecule has 0 aliphatic rings. The summed E-state index contributed by atoms with van der Waals surface area (Å²) in [5.41, 5.74) is 3.42. The monoisotopic (exact) mass is 692 g/mol. The number of rotatable bonds is 2. The summed E-state index contributed by atoms with van der Waals surface area (Å²) < 4.78 is 83.4. The van der Waals surface area contributed by atoms with E-state index in [0.29, 0.717) is 11.1 Å². The lowest BCUT2D eigenvalue weighted by molar-refractivity contribution is -0.138. The summed E-state index contributed by atoms with van der Waals surface area (Å²) >= 11 is 0. The molecular weight excluding hydrogens is 666 g/mol. The normalized spacial score (nSPS) is 13.0. The largest absolute Gasteiger partial charge is 0.416 e. The zero-order chi connectivity index (χ0) is 35.8. The first kappa shape index (κ1) is 30.9. The van der Waals surface area contributed by atoms with E-state index in [1.165, 1.54) is 0 Å². The van der Waals surface area contributed by atoms with Crippen LogP contribution in [0.1, 0.15) is 22.3 Å². The van der Waals surface area contributed by atoms with Crippen LogP contribution >= 0.6 is 0 Å². The molecule has 0 aliphatic heterocycles. The molecule has 0 bridgehead atoms. The number of benzene rings is 8. The zero-order valence-electron chi connectivity index (χ0n) is 27.8. The zero-order valence-corrected chi connectivity index (χ0v) is 27.8. The highest BCUT2D eigenvalue weighted by Crippen LogP contribution is 2.55. The minimum atomic E-state index is -4.51. The first-order valence-corrected chi connectivity index (χ1v) is 17.0. The SMILES string of the molecule is Cc1cc2cc(C)cc3c4c(-c5ccc(C(F)(F)F)cc5)c5c(cc6c7ccccc7c7cccc5c76)c(-c5ccc(C(F)(F)F)cc5)c4c(c1)c23. The summed E-state index contributed by atoms with van der Waals surface area (Å²) in [5, 5.41) is 13.6. The van der Waals surface area contributed by atoms with Gasteiger partial charge in [-0.25, -0.2) is 0 Å². The van der Waals surface area contributed by atoms with Gasteiger partial charge < -0.3 is 0 Å². The van der Waals surface area contributed by atoms with Crippen LogP contribution in [-0.4, -0.2) is 0 Å². The summed E-state index contributed by atoms with van der Waals surface area (Å²) in [6, 6.07) is 35.7. The van der Waals surface area contributed by atoms with Crippen LogP contribution in [0.15, 0.2) is 121 Å². The van der Waals surface area contributed by atoms with E-state index >= 15 is 0 Å². The average Bonchev–Trinajstić information content (AvgIpc) is 3.60. The van der Waals surface area contributed by atoms with Crippen LogP contribution in [0.2, 0.25) is 0 Å². The topological polar surface area (TPSA) is 0 Å². The lowest BCUT2D eigenvalue weighted by Gasteiger charge is -2.20. The maximum atomic E-state index is 13.9. The molecule has 0 saturated carbocycles. The Hall–Kier alpha value is -5.88. The Kier molecular flexibility index (Phi) is 6.15. The molecule has 0 radical (unpaired) electrons. The number of hydrogen-bond donors (Lipinski definition) is 0. The molecule has 0 heterocycles. The van der Waals surface area contributed by atoms with Crippen molar-refractivity contribution in [3.8, 4) is 22.3 Å². The van der Waals surface area contributed by atoms with Crippen LogP contribution in [-0.2, 0) is 12.4 Å². The highest BCUT2D eigenvalue weighted by molar-refractivity contribution is 6.44. The van der Waals surface area contributed by atoms with Crippen molar-refractivity contribution in [2.45, 2.75) is 26.2 Å². The van der Waals surface area contributed by atoms with Gasteiger partial charge in [-0.3, -0.25) is 0 Å². The molecule has 10 rings (SSSR count). The Balaban J connectivity index is 1.52. The van der Waals surface area contributed by atoms with E-state index < -0.39 is 23.5 Å². The fraction of sp³-hybridized carbons (Fsp3) is 0.0870. The lowest BCUT2D eigenvalue weighted by Crippen LogP contribution is -2.04. The van der Waals surface area contributed by atoms with Gasteiger partial charge in [0.05, 0.1) is 11.1 Å². The maximum Gasteiger partial charge on any atom is 0.416 e. The molecule has 0 atom stereocenters. The third-order valence-electron chi connectivity index (χ3n) is 10.8. The van der Waals surface area contributed by atoms with Crippen LogP contribution in [0, 0.1) is 13.8 Å². The van der Waals surface area contributed by atoms with Crippen molar-refractivity contribution in [1.29, 1.82) is 0 Å². The van der Waals surface area contributed by atoms with Crippen molar-refractivity contribution in [3.05, 3.63) is 144 Å². The van der Waals surface area contributed by atoms with E-state index in [9.17, 15) is 26.3 Å². The fourth-order valence-corrected chi connectivity index (χ4v) is 8.84. The summed E-state index contributed by atoms with van der Waals surface area (Å²) in [6.45, 7) is 4.05. The predicted molar refractivity (Wildman–Crippen MR) is 202 cm³/mol. The Morgan fingerprint density at radius 3 is 1.38 bits per heavy atom. The maximum absolute atomic E-state index is 13.9. The van der Waals surface area contributed by atoms with Gasteiger partial charge in [0.15, 0.2) is 0 Å². The van der Waals surface area contributed by atoms with E-state index in [1.807, 2.05) is 32.0 Å². The number of aryl methyl sites for hydroxylation is 2. The van der Waals surface area contributed by atoms with Crippen molar-refractivity contribution in [1.82, 2.24) is 0 Å². The van der Waals surface area contributed by atoms with Gasteiger partial charge in [0.25, 0.3) is 0 Å². The van der Waals surface area contributed by atoms with Gasteiger partial charge in [-0.2, -0.15) is 26.3 Å². The summed E-state index contributed by atoms with van der Waals surface area (Å²) in [5.74, 6) is 0. The smallest absolute Gasteiger partial charge is 0.166 e. The van der Waals surface area contributed by atoms with E-state index in [4.69, 9.17) is 0 Å². The molecule has 0 saturated heterocycles. The van der Waals surface area contributed by atoms with E-state index in [0.717, 1.165) is 122 Å². The average molecular weight is 693 g/mol. The van der Waals surface area contributed by atoms with Gasteiger partial charge in [-0.05, 0) is 153 Å². The molecule has 252 valence electrons. The Labute approximate surface area is 293 Å². The van der Waals surface area contributed by atoms with Gasteiger partial charge in [-0.1, -0.05) is 91.0 Å². The van der Waals surface area contributed by atoms with Gasteiger partial charge in [0, 0.05) is 0 Å². The third-order valence-corrected chi connectivity index (χ3v) is 10.8. The van der Waals surface area contributed by atoms with Crippen molar-refractivity contribution < 1.29 is 26.3 Å². The number of halogens is 6. The summed E-state index contributed by atoms with van der Waals surface area (Å²) in [6.07, 6.45) is -9.01. The molecule has 10 aromatic carbocycles. The molecule has 0 unspecified atom stereocenters. The van der Waals surface area contributed by atoms with Crippen LogP contribution < -0.4 is 0 Å². The van der Waals surface area contributed by atoms with Crippen molar-refractivity contribution >= 4 is 75.4 Å². The molecule has 0 aliphatic carbocycles. The first-order chi connectivity index (χ1) is 24.9. The molecule has 0 aromatic heterocycles. The van der Waals surface area contributed by atoms with Crippen LogP contribution in [0.5, 0.6) is 0 Å². The second kappa shape index (κ2) is 10.3. The fourth-order valence-electron chi connectivity index (χ4n) is 8.84.